The molecule has 2 aromatic heterocycles. The van der Waals surface area contributed by atoms with Gasteiger partial charge in [-0.1, -0.05) is 37.3 Å². The summed E-state index contributed by atoms with van der Waals surface area (Å²) in [6.07, 6.45) is 1.18. The van der Waals surface area contributed by atoms with Gasteiger partial charge in [-0.05, 0) is 32.1 Å². The summed E-state index contributed by atoms with van der Waals surface area (Å²) in [7, 11) is 2.19. The third kappa shape index (κ3) is 2.63. The minimum absolute atomic E-state index is 0.599. The molecule has 1 aromatic carbocycles. The third-order valence-corrected chi connectivity index (χ3v) is 4.89. The lowest BCUT2D eigenvalue weighted by Gasteiger charge is -2.23. The van der Waals surface area contributed by atoms with Gasteiger partial charge in [0.1, 0.15) is 5.82 Å². The Bertz CT molecular complexity index is 828. The summed E-state index contributed by atoms with van der Waals surface area (Å²) in [5.74, 6) is 1.78. The fraction of sp³-hybridized carbons (Fsp3) is 0.389. The van der Waals surface area contributed by atoms with Gasteiger partial charge in [-0.3, -0.25) is 0 Å². The highest BCUT2D eigenvalue weighted by Crippen LogP contribution is 2.23. The fourth-order valence-corrected chi connectivity index (χ4v) is 3.28. The van der Waals surface area contributed by atoms with Gasteiger partial charge in [-0.15, -0.1) is 15.3 Å². The van der Waals surface area contributed by atoms with E-state index in [-0.39, 0.29) is 0 Å². The molecule has 1 aliphatic rings. The molecule has 4 rings (SSSR count). The summed E-state index contributed by atoms with van der Waals surface area (Å²) in [5.41, 5.74) is 1.80. The Morgan fingerprint density at radius 2 is 1.96 bits per heavy atom. The van der Waals surface area contributed by atoms with Crippen LogP contribution >= 0.6 is 0 Å². The molecular formula is C18H22N6. The molecule has 1 atom stereocenters. The average molecular weight is 322 g/mol. The third-order valence-electron chi connectivity index (χ3n) is 4.89. The van der Waals surface area contributed by atoms with Crippen LogP contribution in [0.3, 0.4) is 0 Å². The van der Waals surface area contributed by atoms with Crippen LogP contribution in [0.2, 0.25) is 0 Å². The van der Waals surface area contributed by atoms with Crippen molar-refractivity contribution in [3.05, 3.63) is 42.5 Å². The van der Waals surface area contributed by atoms with E-state index in [2.05, 4.69) is 34.0 Å². The van der Waals surface area contributed by atoms with Crippen molar-refractivity contribution in [3.8, 4) is 11.4 Å². The minimum atomic E-state index is 0.599. The molecule has 1 unspecified atom stereocenters. The summed E-state index contributed by atoms with van der Waals surface area (Å²) in [5, 5.41) is 13.4. The smallest absolute Gasteiger partial charge is 0.185 e. The number of hydrogen-bond acceptors (Lipinski definition) is 5. The quantitative estimate of drug-likeness (QED) is 0.738. The molecule has 6 nitrogen and oxygen atoms in total. The van der Waals surface area contributed by atoms with Crippen LogP contribution in [0.4, 0.5) is 5.82 Å². The molecular weight excluding hydrogens is 300 g/mol. The van der Waals surface area contributed by atoms with Crippen molar-refractivity contribution < 1.29 is 0 Å². The van der Waals surface area contributed by atoms with Gasteiger partial charge in [-0.25, -0.2) is 0 Å². The highest BCUT2D eigenvalue weighted by molar-refractivity contribution is 5.59. The van der Waals surface area contributed by atoms with E-state index in [1.165, 1.54) is 6.42 Å². The van der Waals surface area contributed by atoms with Gasteiger partial charge >= 0.3 is 0 Å². The molecule has 1 fully saturated rings. The molecule has 0 spiro atoms. The van der Waals surface area contributed by atoms with E-state index in [1.54, 1.807) is 0 Å². The van der Waals surface area contributed by atoms with Gasteiger partial charge in [0.15, 0.2) is 11.5 Å². The van der Waals surface area contributed by atoms with E-state index in [1.807, 2.05) is 47.0 Å². The van der Waals surface area contributed by atoms with Crippen molar-refractivity contribution >= 4 is 11.5 Å². The Morgan fingerprint density at radius 3 is 2.75 bits per heavy atom. The van der Waals surface area contributed by atoms with Crippen molar-refractivity contribution in [1.29, 1.82) is 0 Å². The van der Waals surface area contributed by atoms with E-state index >= 15 is 0 Å². The minimum Gasteiger partial charge on any atom is -0.354 e. The van der Waals surface area contributed by atoms with Gasteiger partial charge in [0.05, 0.1) is 0 Å². The van der Waals surface area contributed by atoms with Gasteiger partial charge in [-0.2, -0.15) is 4.52 Å². The van der Waals surface area contributed by atoms with Gasteiger partial charge < -0.3 is 9.80 Å². The first-order valence-electron chi connectivity index (χ1n) is 8.49. The lowest BCUT2D eigenvalue weighted by molar-refractivity contribution is 0.272. The second-order valence-corrected chi connectivity index (χ2v) is 6.31. The zero-order valence-corrected chi connectivity index (χ0v) is 14.1. The topological polar surface area (TPSA) is 49.6 Å². The van der Waals surface area contributed by atoms with E-state index < -0.39 is 0 Å². The summed E-state index contributed by atoms with van der Waals surface area (Å²) in [6.45, 7) is 5.34. The molecule has 6 heteroatoms. The van der Waals surface area contributed by atoms with E-state index in [9.17, 15) is 0 Å². The number of likely N-dealkylation sites (N-methyl/N-ethyl adjacent to an activating group) is 1. The van der Waals surface area contributed by atoms with Crippen LogP contribution in [0, 0.1) is 0 Å². The largest absolute Gasteiger partial charge is 0.354 e. The number of rotatable bonds is 4. The molecule has 0 bridgehead atoms. The van der Waals surface area contributed by atoms with Crippen molar-refractivity contribution in [1.82, 2.24) is 24.7 Å². The number of fused-ring (bicyclic) bond motifs is 1. The molecule has 24 heavy (non-hydrogen) atoms. The summed E-state index contributed by atoms with van der Waals surface area (Å²) in [4.78, 5) is 4.76. The first-order chi connectivity index (χ1) is 11.8. The Morgan fingerprint density at radius 1 is 1.12 bits per heavy atom. The van der Waals surface area contributed by atoms with Crippen molar-refractivity contribution in [2.45, 2.75) is 19.4 Å². The highest BCUT2D eigenvalue weighted by atomic mass is 15.4. The number of nitrogens with zero attached hydrogens (tertiary/aromatic N) is 6. The van der Waals surface area contributed by atoms with Crippen LogP contribution in [-0.4, -0.2) is 57.4 Å². The molecule has 1 aliphatic heterocycles. The van der Waals surface area contributed by atoms with E-state index in [0.717, 1.165) is 42.5 Å². The highest BCUT2D eigenvalue weighted by Gasteiger charge is 2.26. The van der Waals surface area contributed by atoms with Crippen LogP contribution in [0.5, 0.6) is 0 Å². The summed E-state index contributed by atoms with van der Waals surface area (Å²) in [6, 6.07) is 14.7. The maximum absolute atomic E-state index is 4.81. The van der Waals surface area contributed by atoms with Crippen LogP contribution in [0.15, 0.2) is 42.5 Å². The summed E-state index contributed by atoms with van der Waals surface area (Å²) < 4.78 is 1.85. The van der Waals surface area contributed by atoms with Gasteiger partial charge in [0, 0.05) is 24.7 Å². The number of anilines is 1. The predicted molar refractivity (Wildman–Crippen MR) is 95.1 cm³/mol. The van der Waals surface area contributed by atoms with Crippen LogP contribution < -0.4 is 4.90 Å². The van der Waals surface area contributed by atoms with Crippen LogP contribution in [0.25, 0.3) is 17.0 Å². The predicted octanol–water partition coefficient (Wildman–Crippen LogP) is 2.32. The Balaban J connectivity index is 1.66. The first kappa shape index (κ1) is 15.1. The summed E-state index contributed by atoms with van der Waals surface area (Å²) >= 11 is 0. The van der Waals surface area contributed by atoms with Crippen molar-refractivity contribution in [2.24, 2.45) is 0 Å². The molecule has 0 N–H and O–H groups in total. The lowest BCUT2D eigenvalue weighted by Crippen LogP contribution is -2.34. The van der Waals surface area contributed by atoms with E-state index in [0.29, 0.717) is 6.04 Å². The molecule has 3 aromatic rings. The molecule has 124 valence electrons. The molecule has 1 saturated heterocycles. The van der Waals surface area contributed by atoms with E-state index in [4.69, 9.17) is 5.10 Å². The maximum atomic E-state index is 4.81. The lowest BCUT2D eigenvalue weighted by atomic mass is 10.2. The second-order valence-electron chi connectivity index (χ2n) is 6.31. The SMILES string of the molecule is CCN(C)C1CCN(c2ccc3nnc(-c4ccccc4)n3n2)C1. The Labute approximate surface area is 141 Å². The Kier molecular flexibility index (Phi) is 3.90. The normalized spacial score (nSPS) is 18.0. The monoisotopic (exact) mass is 322 g/mol. The van der Waals surface area contributed by atoms with Gasteiger partial charge in [0.2, 0.25) is 0 Å². The zero-order valence-electron chi connectivity index (χ0n) is 14.1. The van der Waals surface area contributed by atoms with Crippen molar-refractivity contribution in [2.75, 3.05) is 31.6 Å². The van der Waals surface area contributed by atoms with Crippen molar-refractivity contribution in [3.63, 3.8) is 0 Å². The van der Waals surface area contributed by atoms with Crippen LogP contribution in [0.1, 0.15) is 13.3 Å². The molecule has 0 radical (unpaired) electrons. The number of benzene rings is 1. The van der Waals surface area contributed by atoms with Crippen LogP contribution in [-0.2, 0) is 0 Å². The first-order valence-corrected chi connectivity index (χ1v) is 8.49. The fourth-order valence-electron chi connectivity index (χ4n) is 3.28. The molecule has 0 saturated carbocycles. The molecule has 3 heterocycles. The number of hydrogen-bond donors (Lipinski definition) is 0. The Hall–Kier alpha value is -2.47. The number of aromatic nitrogens is 4. The standard InChI is InChI=1S/C18H22N6/c1-3-22(2)15-11-12-23(13-15)17-10-9-16-19-20-18(24(16)21-17)14-7-5-4-6-8-14/h4-10,15H,3,11-13H2,1-2H3. The van der Waals surface area contributed by atoms with Gasteiger partial charge in [0.25, 0.3) is 0 Å². The maximum Gasteiger partial charge on any atom is 0.185 e. The molecule has 0 aliphatic carbocycles. The zero-order chi connectivity index (χ0) is 16.5. The average Bonchev–Trinajstić information content (AvgIpc) is 3.28. The molecule has 0 amide bonds. The second kappa shape index (κ2) is 6.20.